The number of ether oxygens (including phenoxy) is 2. The lowest BCUT2D eigenvalue weighted by Gasteiger charge is -2.30. The van der Waals surface area contributed by atoms with E-state index in [9.17, 15) is 0 Å². The van der Waals surface area contributed by atoms with Crippen molar-refractivity contribution in [3.8, 4) is 5.75 Å². The molecule has 1 fully saturated rings. The van der Waals surface area contributed by atoms with Crippen molar-refractivity contribution in [1.29, 1.82) is 0 Å². The molecule has 1 unspecified atom stereocenters. The molecule has 1 atom stereocenters. The predicted molar refractivity (Wildman–Crippen MR) is 88.3 cm³/mol. The minimum atomic E-state index is 0.125. The zero-order valence-corrected chi connectivity index (χ0v) is 14.5. The number of rotatable bonds is 7. The highest BCUT2D eigenvalue weighted by Crippen LogP contribution is 2.38. The molecule has 0 saturated carbocycles. The van der Waals surface area contributed by atoms with Crippen molar-refractivity contribution in [2.45, 2.75) is 71.3 Å². The largest absolute Gasteiger partial charge is 0.490 e. The molecule has 1 heterocycles. The number of hydrogen-bond acceptors (Lipinski definition) is 2. The number of hydrogen-bond donors (Lipinski definition) is 0. The number of epoxide rings is 1. The second-order valence-electron chi connectivity index (χ2n) is 7.45. The van der Waals surface area contributed by atoms with Crippen molar-refractivity contribution in [1.82, 2.24) is 0 Å². The van der Waals surface area contributed by atoms with Crippen molar-refractivity contribution in [3.05, 3.63) is 29.3 Å². The normalized spacial score (nSPS) is 18.7. The first-order valence-electron chi connectivity index (χ1n) is 8.19. The summed E-state index contributed by atoms with van der Waals surface area (Å²) in [4.78, 5) is 0. The van der Waals surface area contributed by atoms with Crippen LogP contribution >= 0.6 is 0 Å². The van der Waals surface area contributed by atoms with Crippen LogP contribution in [0.4, 0.5) is 0 Å². The third-order valence-electron chi connectivity index (χ3n) is 5.09. The average molecular weight is 290 g/mol. The molecule has 1 aromatic rings. The van der Waals surface area contributed by atoms with Gasteiger partial charge in [-0.1, -0.05) is 53.7 Å². The molecule has 0 amide bonds. The Morgan fingerprint density at radius 1 is 1.10 bits per heavy atom. The molecular weight excluding hydrogens is 260 g/mol. The molecule has 0 radical (unpaired) electrons. The molecule has 2 nitrogen and oxygen atoms in total. The average Bonchev–Trinajstić information content (AvgIpc) is 3.29. The van der Waals surface area contributed by atoms with Gasteiger partial charge in [0.25, 0.3) is 0 Å². The van der Waals surface area contributed by atoms with Crippen molar-refractivity contribution in [2.75, 3.05) is 13.2 Å². The maximum atomic E-state index is 6.03. The van der Waals surface area contributed by atoms with Crippen LogP contribution in [0.15, 0.2) is 18.2 Å². The van der Waals surface area contributed by atoms with Gasteiger partial charge in [0.15, 0.2) is 0 Å². The minimum absolute atomic E-state index is 0.125. The fourth-order valence-electron chi connectivity index (χ4n) is 2.35. The van der Waals surface area contributed by atoms with Gasteiger partial charge in [-0.25, -0.2) is 0 Å². The summed E-state index contributed by atoms with van der Waals surface area (Å²) < 4.78 is 11.3. The molecule has 0 N–H and O–H groups in total. The van der Waals surface area contributed by atoms with E-state index < -0.39 is 0 Å². The van der Waals surface area contributed by atoms with Crippen LogP contribution in [-0.4, -0.2) is 19.3 Å². The Balaban J connectivity index is 2.35. The molecule has 1 aliphatic heterocycles. The van der Waals surface area contributed by atoms with Crippen LogP contribution in [0.2, 0.25) is 0 Å². The van der Waals surface area contributed by atoms with Gasteiger partial charge in [0, 0.05) is 5.56 Å². The molecule has 0 spiro atoms. The monoisotopic (exact) mass is 290 g/mol. The standard InChI is InChI=1S/C19H30O2/c1-7-18(3,4)14-9-10-17(21-13-15-12-20-15)16(11-14)19(5,6)8-2/h9-11,15H,7-8,12-13H2,1-6H3. The van der Waals surface area contributed by atoms with Crippen LogP contribution in [-0.2, 0) is 15.6 Å². The summed E-state index contributed by atoms with van der Waals surface area (Å²) in [5.74, 6) is 1.02. The molecule has 0 aliphatic carbocycles. The van der Waals surface area contributed by atoms with Gasteiger partial charge in [0.2, 0.25) is 0 Å². The van der Waals surface area contributed by atoms with Crippen molar-refractivity contribution in [3.63, 3.8) is 0 Å². The predicted octanol–water partition coefficient (Wildman–Crippen LogP) is 4.84. The lowest BCUT2D eigenvalue weighted by Crippen LogP contribution is -2.21. The van der Waals surface area contributed by atoms with Crippen LogP contribution < -0.4 is 4.74 Å². The highest BCUT2D eigenvalue weighted by molar-refractivity contribution is 5.44. The van der Waals surface area contributed by atoms with Gasteiger partial charge < -0.3 is 9.47 Å². The molecule has 21 heavy (non-hydrogen) atoms. The van der Waals surface area contributed by atoms with E-state index in [0.717, 1.165) is 25.2 Å². The van der Waals surface area contributed by atoms with E-state index >= 15 is 0 Å². The second kappa shape index (κ2) is 6.00. The Morgan fingerprint density at radius 2 is 1.71 bits per heavy atom. The van der Waals surface area contributed by atoms with E-state index in [1.54, 1.807) is 0 Å². The maximum absolute atomic E-state index is 6.03. The second-order valence-corrected chi connectivity index (χ2v) is 7.45. The summed E-state index contributed by atoms with van der Waals surface area (Å²) in [6.07, 6.45) is 2.53. The van der Waals surface area contributed by atoms with E-state index in [-0.39, 0.29) is 10.8 Å². The van der Waals surface area contributed by atoms with Crippen molar-refractivity contribution < 1.29 is 9.47 Å². The summed E-state index contributed by atoms with van der Waals surface area (Å²) in [5, 5.41) is 0. The van der Waals surface area contributed by atoms with Gasteiger partial charge in [-0.3, -0.25) is 0 Å². The lowest BCUT2D eigenvalue weighted by atomic mass is 9.76. The topological polar surface area (TPSA) is 21.8 Å². The van der Waals surface area contributed by atoms with Gasteiger partial charge >= 0.3 is 0 Å². The molecule has 0 aromatic heterocycles. The van der Waals surface area contributed by atoms with E-state index in [1.165, 1.54) is 11.1 Å². The van der Waals surface area contributed by atoms with Crippen molar-refractivity contribution >= 4 is 0 Å². The molecular formula is C19H30O2. The Morgan fingerprint density at radius 3 is 2.24 bits per heavy atom. The Bertz CT molecular complexity index is 484. The summed E-state index contributed by atoms with van der Waals surface area (Å²) in [6, 6.07) is 6.74. The first-order chi connectivity index (χ1) is 9.80. The zero-order valence-electron chi connectivity index (χ0n) is 14.5. The van der Waals surface area contributed by atoms with Gasteiger partial charge in [0.05, 0.1) is 6.61 Å². The highest BCUT2D eigenvalue weighted by atomic mass is 16.6. The molecule has 1 aliphatic rings. The third-order valence-corrected chi connectivity index (χ3v) is 5.09. The molecule has 1 saturated heterocycles. The molecule has 0 bridgehead atoms. The fraction of sp³-hybridized carbons (Fsp3) is 0.684. The first kappa shape index (κ1) is 16.4. The minimum Gasteiger partial charge on any atom is -0.490 e. The molecule has 2 rings (SSSR count). The van der Waals surface area contributed by atoms with Gasteiger partial charge in [-0.05, 0) is 35.3 Å². The van der Waals surface area contributed by atoms with E-state index in [4.69, 9.17) is 9.47 Å². The Hall–Kier alpha value is -1.02. The summed E-state index contributed by atoms with van der Waals surface area (Å²) in [7, 11) is 0. The number of benzene rings is 1. The van der Waals surface area contributed by atoms with E-state index in [0.29, 0.717) is 12.7 Å². The fourth-order valence-corrected chi connectivity index (χ4v) is 2.35. The molecule has 1 aromatic carbocycles. The van der Waals surface area contributed by atoms with Gasteiger partial charge in [-0.2, -0.15) is 0 Å². The Kier molecular flexibility index (Phi) is 4.67. The quantitative estimate of drug-likeness (QED) is 0.670. The van der Waals surface area contributed by atoms with Crippen LogP contribution in [0, 0.1) is 0 Å². The summed E-state index contributed by atoms with van der Waals surface area (Å²) in [5.41, 5.74) is 3.05. The van der Waals surface area contributed by atoms with Gasteiger partial charge in [0.1, 0.15) is 18.5 Å². The van der Waals surface area contributed by atoms with Crippen LogP contribution in [0.3, 0.4) is 0 Å². The van der Waals surface area contributed by atoms with E-state index in [1.807, 2.05) is 0 Å². The zero-order chi connectivity index (χ0) is 15.7. The van der Waals surface area contributed by atoms with Crippen LogP contribution in [0.1, 0.15) is 65.5 Å². The van der Waals surface area contributed by atoms with E-state index in [2.05, 4.69) is 59.7 Å². The van der Waals surface area contributed by atoms with Crippen molar-refractivity contribution in [2.24, 2.45) is 0 Å². The molecule has 118 valence electrons. The van der Waals surface area contributed by atoms with Crippen LogP contribution in [0.25, 0.3) is 0 Å². The SMILES string of the molecule is CCC(C)(C)c1ccc(OCC2CO2)c(C(C)(C)CC)c1. The summed E-state index contributed by atoms with van der Waals surface area (Å²) in [6.45, 7) is 15.2. The third kappa shape index (κ3) is 3.79. The lowest BCUT2D eigenvalue weighted by molar-refractivity contribution is 0.257. The maximum Gasteiger partial charge on any atom is 0.123 e. The molecule has 2 heteroatoms. The highest BCUT2D eigenvalue weighted by Gasteiger charge is 2.28. The Labute approximate surface area is 129 Å². The summed E-state index contributed by atoms with van der Waals surface area (Å²) >= 11 is 0. The first-order valence-corrected chi connectivity index (χ1v) is 8.19. The smallest absolute Gasteiger partial charge is 0.123 e. The van der Waals surface area contributed by atoms with Crippen LogP contribution in [0.5, 0.6) is 5.75 Å². The van der Waals surface area contributed by atoms with Gasteiger partial charge in [-0.15, -0.1) is 0 Å².